The number of halogens is 1. The van der Waals surface area contributed by atoms with E-state index in [2.05, 4.69) is 27.6 Å². The van der Waals surface area contributed by atoms with Gasteiger partial charge in [0, 0.05) is 0 Å². The van der Waals surface area contributed by atoms with Crippen molar-refractivity contribution in [1.29, 1.82) is 0 Å². The summed E-state index contributed by atoms with van der Waals surface area (Å²) in [5, 5.41) is 12.4. The lowest BCUT2D eigenvalue weighted by molar-refractivity contribution is -0.120. The zero-order valence-electron chi connectivity index (χ0n) is 17.0. The third-order valence-corrected chi connectivity index (χ3v) is 6.62. The van der Waals surface area contributed by atoms with Crippen LogP contribution in [0.2, 0.25) is 0 Å². The molecule has 0 radical (unpaired) electrons. The van der Waals surface area contributed by atoms with Crippen LogP contribution in [0.1, 0.15) is 42.6 Å². The smallest absolute Gasteiger partial charge is 0.231 e. The molecule has 3 aromatic rings. The molecule has 7 heteroatoms. The van der Waals surface area contributed by atoms with Gasteiger partial charge in [-0.1, -0.05) is 67.1 Å². The third-order valence-electron chi connectivity index (χ3n) is 5.65. The maximum atomic E-state index is 13.4. The van der Waals surface area contributed by atoms with E-state index in [1.165, 1.54) is 23.9 Å². The van der Waals surface area contributed by atoms with Crippen LogP contribution >= 0.6 is 11.8 Å². The number of aryl methyl sites for hydroxylation is 1. The van der Waals surface area contributed by atoms with Gasteiger partial charge in [0.25, 0.3) is 0 Å². The van der Waals surface area contributed by atoms with E-state index in [1.54, 1.807) is 12.1 Å². The van der Waals surface area contributed by atoms with Crippen LogP contribution in [0.25, 0.3) is 0 Å². The molecule has 0 bridgehead atoms. The van der Waals surface area contributed by atoms with Crippen LogP contribution in [-0.4, -0.2) is 26.4 Å². The quantitative estimate of drug-likeness (QED) is 0.569. The molecule has 156 valence electrons. The normalized spacial score (nSPS) is 15.3. The highest BCUT2D eigenvalue weighted by Crippen LogP contribution is 2.39. The molecule has 0 saturated heterocycles. The second kappa shape index (κ2) is 9.00. The molecule has 4 rings (SSSR count). The van der Waals surface area contributed by atoms with Crippen molar-refractivity contribution in [2.75, 3.05) is 5.75 Å². The lowest BCUT2D eigenvalue weighted by atomic mass is 9.88. The zero-order chi connectivity index (χ0) is 21.0. The Morgan fingerprint density at radius 1 is 1.10 bits per heavy atom. The van der Waals surface area contributed by atoms with Gasteiger partial charge in [0.1, 0.15) is 11.6 Å². The lowest BCUT2D eigenvalue weighted by Gasteiger charge is -2.31. The Hall–Kier alpha value is -2.67. The molecular weight excluding hydrogens is 399 g/mol. The first-order valence-corrected chi connectivity index (χ1v) is 11.2. The molecule has 1 aliphatic carbocycles. The third kappa shape index (κ3) is 4.56. The van der Waals surface area contributed by atoms with Crippen molar-refractivity contribution in [1.82, 2.24) is 20.1 Å². The van der Waals surface area contributed by atoms with Gasteiger partial charge in [-0.05, 0) is 43.0 Å². The van der Waals surface area contributed by atoms with Crippen LogP contribution in [0.3, 0.4) is 0 Å². The molecule has 0 spiro atoms. The second-order valence-corrected chi connectivity index (χ2v) is 8.68. The summed E-state index contributed by atoms with van der Waals surface area (Å²) in [7, 11) is 0. The molecule has 1 aromatic heterocycles. The van der Waals surface area contributed by atoms with Crippen LogP contribution in [-0.2, 0) is 16.9 Å². The Labute approximate surface area is 180 Å². The Kier molecular flexibility index (Phi) is 6.18. The number of thioether (sulfide) groups is 1. The predicted molar refractivity (Wildman–Crippen MR) is 116 cm³/mol. The largest absolute Gasteiger partial charge is 0.346 e. The molecule has 1 heterocycles. The highest BCUT2D eigenvalue weighted by atomic mass is 32.2. The lowest BCUT2D eigenvalue weighted by Crippen LogP contribution is -2.44. The van der Waals surface area contributed by atoms with E-state index in [0.717, 1.165) is 47.8 Å². The minimum absolute atomic E-state index is 0.0434. The average molecular weight is 425 g/mol. The molecule has 1 fully saturated rings. The Bertz CT molecular complexity index is 998. The summed E-state index contributed by atoms with van der Waals surface area (Å²) in [5.41, 5.74) is 1.73. The van der Waals surface area contributed by atoms with Crippen LogP contribution in [0.15, 0.2) is 59.8 Å². The summed E-state index contributed by atoms with van der Waals surface area (Å²) in [6.07, 6.45) is 3.85. The van der Waals surface area contributed by atoms with Crippen molar-refractivity contribution in [2.24, 2.45) is 0 Å². The Balaban J connectivity index is 1.43. The van der Waals surface area contributed by atoms with E-state index in [1.807, 2.05) is 29.7 Å². The number of nitrogens with one attached hydrogen (secondary N) is 1. The maximum Gasteiger partial charge on any atom is 0.231 e. The number of nitrogens with zero attached hydrogens (tertiary/aromatic N) is 3. The number of hydrogen-bond donors (Lipinski definition) is 1. The summed E-state index contributed by atoms with van der Waals surface area (Å²) in [6.45, 7) is 2.59. The molecule has 1 saturated carbocycles. The van der Waals surface area contributed by atoms with Crippen LogP contribution in [0.4, 0.5) is 4.39 Å². The molecule has 30 heavy (non-hydrogen) atoms. The molecule has 0 aliphatic heterocycles. The van der Waals surface area contributed by atoms with E-state index < -0.39 is 5.54 Å². The molecular formula is C23H25FN4OS. The SMILES string of the molecule is Cc1nnc(SCC(=O)NC2(c3ccc(F)cc3)CCCC2)n1Cc1ccccc1. The maximum absolute atomic E-state index is 13.4. The summed E-state index contributed by atoms with van der Waals surface area (Å²) in [5.74, 6) is 0.774. The first kappa shape index (κ1) is 20.6. The Morgan fingerprint density at radius 3 is 2.50 bits per heavy atom. The van der Waals surface area contributed by atoms with Gasteiger partial charge in [-0.25, -0.2) is 4.39 Å². The van der Waals surface area contributed by atoms with E-state index in [0.29, 0.717) is 6.54 Å². The standard InChI is InChI=1S/C23H25FN4OS/c1-17-26-27-22(28(17)15-18-7-3-2-4-8-18)30-16-21(29)25-23(13-5-6-14-23)19-9-11-20(24)12-10-19/h2-4,7-12H,5-6,13-16H2,1H3,(H,25,29). The topological polar surface area (TPSA) is 59.8 Å². The minimum atomic E-state index is -0.404. The first-order valence-electron chi connectivity index (χ1n) is 10.2. The second-order valence-electron chi connectivity index (χ2n) is 7.73. The molecule has 1 amide bonds. The van der Waals surface area contributed by atoms with E-state index in [9.17, 15) is 9.18 Å². The monoisotopic (exact) mass is 424 g/mol. The van der Waals surface area contributed by atoms with Crippen LogP contribution in [0, 0.1) is 12.7 Å². The highest BCUT2D eigenvalue weighted by molar-refractivity contribution is 7.99. The number of benzene rings is 2. The van der Waals surface area contributed by atoms with Crippen molar-refractivity contribution in [2.45, 2.75) is 49.8 Å². The van der Waals surface area contributed by atoms with Gasteiger partial charge in [-0.2, -0.15) is 0 Å². The molecule has 2 aromatic carbocycles. The van der Waals surface area contributed by atoms with Gasteiger partial charge in [-0.15, -0.1) is 10.2 Å². The zero-order valence-corrected chi connectivity index (χ0v) is 17.8. The van der Waals surface area contributed by atoms with Gasteiger partial charge in [0.15, 0.2) is 5.16 Å². The first-order chi connectivity index (χ1) is 14.6. The van der Waals surface area contributed by atoms with Gasteiger partial charge in [0.05, 0.1) is 17.8 Å². The summed E-state index contributed by atoms with van der Waals surface area (Å²) in [4.78, 5) is 12.8. The molecule has 1 N–H and O–H groups in total. The van der Waals surface area contributed by atoms with Crippen LogP contribution in [0.5, 0.6) is 0 Å². The van der Waals surface area contributed by atoms with Gasteiger partial charge in [0.2, 0.25) is 5.91 Å². The number of carbonyl (C=O) groups excluding carboxylic acids is 1. The number of aromatic nitrogens is 3. The Morgan fingerprint density at radius 2 is 1.80 bits per heavy atom. The molecule has 0 unspecified atom stereocenters. The minimum Gasteiger partial charge on any atom is -0.346 e. The van der Waals surface area contributed by atoms with Crippen molar-refractivity contribution in [3.05, 3.63) is 77.4 Å². The highest BCUT2D eigenvalue weighted by Gasteiger charge is 2.37. The molecule has 0 atom stereocenters. The molecule has 5 nitrogen and oxygen atoms in total. The van der Waals surface area contributed by atoms with Crippen LogP contribution < -0.4 is 5.32 Å². The fraction of sp³-hybridized carbons (Fsp3) is 0.348. The van der Waals surface area contributed by atoms with Gasteiger partial charge < -0.3 is 9.88 Å². The number of rotatable bonds is 7. The molecule has 1 aliphatic rings. The van der Waals surface area contributed by atoms with E-state index in [4.69, 9.17) is 0 Å². The van der Waals surface area contributed by atoms with Gasteiger partial charge in [-0.3, -0.25) is 4.79 Å². The summed E-state index contributed by atoms with van der Waals surface area (Å²) >= 11 is 1.39. The predicted octanol–water partition coefficient (Wildman–Crippen LogP) is 4.45. The number of hydrogen-bond acceptors (Lipinski definition) is 4. The summed E-state index contributed by atoms with van der Waals surface area (Å²) < 4.78 is 15.4. The van der Waals surface area contributed by atoms with Crippen molar-refractivity contribution < 1.29 is 9.18 Å². The number of carbonyl (C=O) groups is 1. The summed E-state index contributed by atoms with van der Waals surface area (Å²) in [6, 6.07) is 16.6. The van der Waals surface area contributed by atoms with Gasteiger partial charge >= 0.3 is 0 Å². The number of amides is 1. The fourth-order valence-electron chi connectivity index (χ4n) is 4.08. The fourth-order valence-corrected chi connectivity index (χ4v) is 4.87. The average Bonchev–Trinajstić information content (AvgIpc) is 3.36. The van der Waals surface area contributed by atoms with Crippen molar-refractivity contribution >= 4 is 17.7 Å². The van der Waals surface area contributed by atoms with Crippen molar-refractivity contribution in [3.8, 4) is 0 Å². The van der Waals surface area contributed by atoms with E-state index >= 15 is 0 Å². The van der Waals surface area contributed by atoms with Crippen molar-refractivity contribution in [3.63, 3.8) is 0 Å². The van der Waals surface area contributed by atoms with E-state index in [-0.39, 0.29) is 17.5 Å².